The van der Waals surface area contributed by atoms with E-state index >= 15 is 0 Å². The number of thioether (sulfide) groups is 1. The highest BCUT2D eigenvalue weighted by atomic mass is 32.2. The Balaban J connectivity index is 1.83. The van der Waals surface area contributed by atoms with Crippen molar-refractivity contribution in [2.75, 3.05) is 12.5 Å². The first kappa shape index (κ1) is 10.3. The van der Waals surface area contributed by atoms with Gasteiger partial charge in [-0.2, -0.15) is 0 Å². The largest absolute Gasteiger partial charge is 0.454 e. The normalized spacial score (nSPS) is 28.1. The van der Waals surface area contributed by atoms with Crippen LogP contribution in [0.1, 0.15) is 24.3 Å². The van der Waals surface area contributed by atoms with Gasteiger partial charge in [-0.3, -0.25) is 5.32 Å². The average molecular weight is 237 g/mol. The minimum atomic E-state index is 0.348. The van der Waals surface area contributed by atoms with Crippen molar-refractivity contribution in [2.24, 2.45) is 0 Å². The average Bonchev–Trinajstić information content (AvgIpc) is 2.75. The summed E-state index contributed by atoms with van der Waals surface area (Å²) in [7, 11) is 0. The van der Waals surface area contributed by atoms with Crippen LogP contribution in [0, 0.1) is 0 Å². The van der Waals surface area contributed by atoms with Gasteiger partial charge in [0.25, 0.3) is 0 Å². The molecular formula is C12H15NO2S. The van der Waals surface area contributed by atoms with Crippen LogP contribution in [-0.2, 0) is 0 Å². The Bertz CT molecular complexity index is 397. The number of benzene rings is 1. The van der Waals surface area contributed by atoms with E-state index in [2.05, 4.69) is 24.4 Å². The highest BCUT2D eigenvalue weighted by Gasteiger charge is 2.22. The van der Waals surface area contributed by atoms with Crippen molar-refractivity contribution >= 4 is 11.8 Å². The van der Waals surface area contributed by atoms with E-state index in [1.807, 2.05) is 17.8 Å². The lowest BCUT2D eigenvalue weighted by atomic mass is 10.1. The molecule has 1 saturated heterocycles. The van der Waals surface area contributed by atoms with Crippen LogP contribution in [0.5, 0.6) is 11.5 Å². The molecule has 2 aliphatic heterocycles. The van der Waals surface area contributed by atoms with E-state index in [4.69, 9.17) is 9.47 Å². The van der Waals surface area contributed by atoms with E-state index in [1.165, 1.54) is 17.7 Å². The third kappa shape index (κ3) is 1.87. The van der Waals surface area contributed by atoms with Gasteiger partial charge in [-0.1, -0.05) is 6.07 Å². The number of ether oxygens (including phenoxy) is 2. The van der Waals surface area contributed by atoms with Gasteiger partial charge in [-0.25, -0.2) is 0 Å². The summed E-state index contributed by atoms with van der Waals surface area (Å²) in [5, 5.41) is 3.98. The molecule has 1 fully saturated rings. The lowest BCUT2D eigenvalue weighted by Crippen LogP contribution is -2.33. The van der Waals surface area contributed by atoms with Gasteiger partial charge < -0.3 is 9.47 Å². The third-order valence-electron chi connectivity index (χ3n) is 2.97. The van der Waals surface area contributed by atoms with Gasteiger partial charge in [0.15, 0.2) is 11.5 Å². The summed E-state index contributed by atoms with van der Waals surface area (Å²) in [4.78, 5) is 0. The van der Waals surface area contributed by atoms with Gasteiger partial charge in [0.2, 0.25) is 6.79 Å². The summed E-state index contributed by atoms with van der Waals surface area (Å²) in [6, 6.07) is 6.80. The SMILES string of the molecule is CC1CCSC(c2ccc3c(c2)OCO3)N1. The van der Waals surface area contributed by atoms with Crippen LogP contribution in [-0.4, -0.2) is 18.6 Å². The monoisotopic (exact) mass is 237 g/mol. The smallest absolute Gasteiger partial charge is 0.231 e. The number of hydrogen-bond donors (Lipinski definition) is 1. The molecule has 0 aromatic heterocycles. The van der Waals surface area contributed by atoms with E-state index in [1.54, 1.807) is 0 Å². The molecule has 1 aromatic carbocycles. The zero-order chi connectivity index (χ0) is 11.0. The van der Waals surface area contributed by atoms with E-state index in [0.29, 0.717) is 18.2 Å². The first-order valence-electron chi connectivity index (χ1n) is 5.60. The van der Waals surface area contributed by atoms with Crippen LogP contribution < -0.4 is 14.8 Å². The molecule has 4 heteroatoms. The van der Waals surface area contributed by atoms with Gasteiger partial charge in [-0.05, 0) is 36.8 Å². The van der Waals surface area contributed by atoms with Crippen LogP contribution in [0.25, 0.3) is 0 Å². The second-order valence-corrected chi connectivity index (χ2v) is 5.43. The molecule has 0 amide bonds. The molecule has 2 atom stereocenters. The van der Waals surface area contributed by atoms with Crippen molar-refractivity contribution in [1.29, 1.82) is 0 Å². The van der Waals surface area contributed by atoms with Crippen molar-refractivity contribution in [1.82, 2.24) is 5.32 Å². The highest BCUT2D eigenvalue weighted by molar-refractivity contribution is 7.99. The fraction of sp³-hybridized carbons (Fsp3) is 0.500. The minimum Gasteiger partial charge on any atom is -0.454 e. The zero-order valence-corrected chi connectivity index (χ0v) is 10.0. The number of nitrogens with one attached hydrogen (secondary N) is 1. The molecule has 1 aromatic rings. The zero-order valence-electron chi connectivity index (χ0n) is 9.23. The van der Waals surface area contributed by atoms with E-state index < -0.39 is 0 Å². The van der Waals surface area contributed by atoms with Crippen molar-refractivity contribution in [3.05, 3.63) is 23.8 Å². The summed E-state index contributed by atoms with van der Waals surface area (Å²) >= 11 is 1.96. The van der Waals surface area contributed by atoms with E-state index in [0.717, 1.165) is 11.5 Å². The van der Waals surface area contributed by atoms with Gasteiger partial charge in [-0.15, -0.1) is 11.8 Å². The van der Waals surface area contributed by atoms with Crippen molar-refractivity contribution in [3.63, 3.8) is 0 Å². The van der Waals surface area contributed by atoms with Gasteiger partial charge in [0, 0.05) is 6.04 Å². The van der Waals surface area contributed by atoms with E-state index in [9.17, 15) is 0 Å². The fourth-order valence-corrected chi connectivity index (χ4v) is 3.41. The van der Waals surface area contributed by atoms with E-state index in [-0.39, 0.29) is 0 Å². The predicted octanol–water partition coefficient (Wildman–Crippen LogP) is 2.53. The molecule has 16 heavy (non-hydrogen) atoms. The summed E-state index contributed by atoms with van der Waals surface area (Å²) in [5.74, 6) is 2.95. The Kier molecular flexibility index (Phi) is 2.69. The van der Waals surface area contributed by atoms with Crippen molar-refractivity contribution < 1.29 is 9.47 Å². The van der Waals surface area contributed by atoms with Crippen molar-refractivity contribution in [3.8, 4) is 11.5 Å². The summed E-state index contributed by atoms with van der Waals surface area (Å²) < 4.78 is 10.7. The molecule has 0 aliphatic carbocycles. The quantitative estimate of drug-likeness (QED) is 0.813. The predicted molar refractivity (Wildman–Crippen MR) is 65.0 cm³/mol. The topological polar surface area (TPSA) is 30.5 Å². The third-order valence-corrected chi connectivity index (χ3v) is 4.18. The standard InChI is InChI=1S/C12H15NO2S/c1-8-4-5-16-12(13-8)9-2-3-10-11(6-9)15-7-14-10/h2-3,6,8,12-13H,4-5,7H2,1H3. The van der Waals surface area contributed by atoms with Crippen LogP contribution in [0.2, 0.25) is 0 Å². The van der Waals surface area contributed by atoms with Crippen LogP contribution >= 0.6 is 11.8 Å². The maximum Gasteiger partial charge on any atom is 0.231 e. The molecule has 2 aliphatic rings. The second kappa shape index (κ2) is 4.18. The lowest BCUT2D eigenvalue weighted by molar-refractivity contribution is 0.174. The molecule has 2 heterocycles. The first-order chi connectivity index (χ1) is 7.83. The Labute approximate surface area is 99.5 Å². The molecular weight excluding hydrogens is 222 g/mol. The highest BCUT2D eigenvalue weighted by Crippen LogP contribution is 2.38. The van der Waals surface area contributed by atoms with Crippen LogP contribution in [0.4, 0.5) is 0 Å². The lowest BCUT2D eigenvalue weighted by Gasteiger charge is -2.28. The Morgan fingerprint density at radius 2 is 2.19 bits per heavy atom. The second-order valence-electron chi connectivity index (χ2n) is 4.22. The first-order valence-corrected chi connectivity index (χ1v) is 6.65. The van der Waals surface area contributed by atoms with Gasteiger partial charge in [0.1, 0.15) is 0 Å². The maximum absolute atomic E-state index is 5.40. The molecule has 0 spiro atoms. The number of fused-ring (bicyclic) bond motifs is 1. The van der Waals surface area contributed by atoms with Crippen molar-refractivity contribution in [2.45, 2.75) is 24.8 Å². The molecule has 3 nitrogen and oxygen atoms in total. The van der Waals surface area contributed by atoms with Crippen LogP contribution in [0.15, 0.2) is 18.2 Å². The number of rotatable bonds is 1. The maximum atomic E-state index is 5.40. The summed E-state index contributed by atoms with van der Waals surface area (Å²) in [6.07, 6.45) is 1.24. The number of hydrogen-bond acceptors (Lipinski definition) is 4. The molecule has 86 valence electrons. The van der Waals surface area contributed by atoms with Gasteiger partial charge in [0.05, 0.1) is 5.37 Å². The summed E-state index contributed by atoms with van der Waals surface area (Å²) in [6.45, 7) is 2.58. The van der Waals surface area contributed by atoms with Gasteiger partial charge >= 0.3 is 0 Å². The van der Waals surface area contributed by atoms with Crippen LogP contribution in [0.3, 0.4) is 0 Å². The molecule has 1 N–H and O–H groups in total. The molecule has 0 radical (unpaired) electrons. The molecule has 0 bridgehead atoms. The summed E-state index contributed by atoms with van der Waals surface area (Å²) in [5.41, 5.74) is 1.28. The molecule has 0 saturated carbocycles. The Morgan fingerprint density at radius 3 is 3.06 bits per heavy atom. The molecule has 3 rings (SSSR count). The minimum absolute atomic E-state index is 0.348. The Morgan fingerprint density at radius 1 is 1.31 bits per heavy atom. The fourth-order valence-electron chi connectivity index (χ4n) is 2.02. The Hall–Kier alpha value is -0.870. The molecule has 2 unspecified atom stereocenters.